The summed E-state index contributed by atoms with van der Waals surface area (Å²) >= 11 is 15.5. The third-order valence-electron chi connectivity index (χ3n) is 2.76. The maximum atomic E-state index is 6.28. The first kappa shape index (κ1) is 12.5. The van der Waals surface area contributed by atoms with Crippen molar-refractivity contribution in [3.63, 3.8) is 0 Å². The average Bonchev–Trinajstić information content (AvgIpc) is 2.87. The van der Waals surface area contributed by atoms with Crippen molar-refractivity contribution < 1.29 is 0 Å². The van der Waals surface area contributed by atoms with E-state index in [1.54, 1.807) is 28.7 Å². The minimum absolute atomic E-state index is 0.195. The van der Waals surface area contributed by atoms with Gasteiger partial charge in [0.25, 0.3) is 0 Å². The highest BCUT2D eigenvalue weighted by Crippen LogP contribution is 2.37. The van der Waals surface area contributed by atoms with E-state index in [0.29, 0.717) is 10.0 Å². The molecule has 2 aromatic heterocycles. The number of hydrogen-bond donors (Lipinski definition) is 1. The van der Waals surface area contributed by atoms with E-state index in [1.807, 2.05) is 12.1 Å². The van der Waals surface area contributed by atoms with Crippen LogP contribution in [-0.2, 0) is 0 Å². The Morgan fingerprint density at radius 3 is 2.61 bits per heavy atom. The van der Waals surface area contributed by atoms with Gasteiger partial charge >= 0.3 is 0 Å². The second-order valence-electron chi connectivity index (χ2n) is 3.94. The Labute approximate surface area is 123 Å². The summed E-state index contributed by atoms with van der Waals surface area (Å²) in [7, 11) is 0. The second-order valence-corrected chi connectivity index (χ2v) is 6.85. The van der Waals surface area contributed by atoms with Crippen molar-refractivity contribution in [3.05, 3.63) is 56.2 Å². The van der Waals surface area contributed by atoms with Gasteiger partial charge in [0.15, 0.2) is 0 Å². The topological polar surface area (TPSA) is 26.0 Å². The molecule has 0 bridgehead atoms. The van der Waals surface area contributed by atoms with Gasteiger partial charge in [0.1, 0.15) is 0 Å². The summed E-state index contributed by atoms with van der Waals surface area (Å²) in [5, 5.41) is 3.33. The van der Waals surface area contributed by atoms with Gasteiger partial charge in [-0.1, -0.05) is 29.3 Å². The van der Waals surface area contributed by atoms with Gasteiger partial charge < -0.3 is 5.73 Å². The van der Waals surface area contributed by atoms with Crippen LogP contribution in [-0.4, -0.2) is 0 Å². The van der Waals surface area contributed by atoms with Gasteiger partial charge in [-0.15, -0.1) is 22.7 Å². The largest absolute Gasteiger partial charge is 0.320 e. The summed E-state index contributed by atoms with van der Waals surface area (Å²) in [4.78, 5) is 1.13. The van der Waals surface area contributed by atoms with Gasteiger partial charge in [-0.3, -0.25) is 0 Å². The molecule has 0 spiro atoms. The van der Waals surface area contributed by atoms with Gasteiger partial charge in [0.05, 0.1) is 6.04 Å². The number of halogens is 2. The molecule has 1 aromatic carbocycles. The zero-order valence-electron chi connectivity index (χ0n) is 9.19. The average molecular weight is 314 g/mol. The Balaban J connectivity index is 2.03. The van der Waals surface area contributed by atoms with E-state index < -0.39 is 0 Å². The van der Waals surface area contributed by atoms with Gasteiger partial charge in [-0.2, -0.15) is 0 Å². The van der Waals surface area contributed by atoms with Crippen LogP contribution in [0.15, 0.2) is 35.7 Å². The van der Waals surface area contributed by atoms with Crippen molar-refractivity contribution in [2.45, 2.75) is 6.04 Å². The molecule has 0 amide bonds. The summed E-state index contributed by atoms with van der Waals surface area (Å²) in [6.07, 6.45) is 0. The molecule has 1 unspecified atom stereocenters. The van der Waals surface area contributed by atoms with Crippen LogP contribution in [0.25, 0.3) is 9.40 Å². The molecule has 0 fully saturated rings. The normalized spacial score (nSPS) is 13.1. The number of benzene rings is 1. The predicted molar refractivity (Wildman–Crippen MR) is 82.2 cm³/mol. The van der Waals surface area contributed by atoms with Crippen molar-refractivity contribution in [3.8, 4) is 0 Å². The molecule has 0 radical (unpaired) electrons. The fourth-order valence-electron chi connectivity index (χ4n) is 1.84. The number of hydrogen-bond acceptors (Lipinski definition) is 3. The maximum absolute atomic E-state index is 6.28. The molecule has 1 nitrogen and oxygen atoms in total. The molecule has 1 atom stereocenters. The first-order valence-corrected chi connectivity index (χ1v) is 7.78. The van der Waals surface area contributed by atoms with Crippen LogP contribution < -0.4 is 5.73 Å². The van der Waals surface area contributed by atoms with Crippen LogP contribution in [0.2, 0.25) is 10.0 Å². The zero-order valence-corrected chi connectivity index (χ0v) is 12.3. The lowest BCUT2D eigenvalue weighted by Crippen LogP contribution is -2.10. The van der Waals surface area contributed by atoms with Gasteiger partial charge in [0.2, 0.25) is 0 Å². The molecule has 0 aliphatic rings. The van der Waals surface area contributed by atoms with Crippen molar-refractivity contribution in [2.75, 3.05) is 0 Å². The molecule has 0 aliphatic carbocycles. The maximum Gasteiger partial charge on any atom is 0.0661 e. The molecule has 92 valence electrons. The van der Waals surface area contributed by atoms with Crippen LogP contribution in [0.1, 0.15) is 16.5 Å². The Morgan fingerprint density at radius 1 is 1.06 bits per heavy atom. The molecule has 0 aliphatic heterocycles. The lowest BCUT2D eigenvalue weighted by molar-refractivity contribution is 0.895. The molecule has 0 saturated carbocycles. The molecule has 3 rings (SSSR count). The van der Waals surface area contributed by atoms with Crippen LogP contribution in [0.3, 0.4) is 0 Å². The van der Waals surface area contributed by atoms with E-state index in [-0.39, 0.29) is 6.04 Å². The summed E-state index contributed by atoms with van der Waals surface area (Å²) in [6.45, 7) is 0. The van der Waals surface area contributed by atoms with Crippen molar-refractivity contribution in [1.82, 2.24) is 0 Å². The zero-order chi connectivity index (χ0) is 12.7. The number of rotatable bonds is 2. The monoisotopic (exact) mass is 313 g/mol. The Morgan fingerprint density at radius 2 is 1.89 bits per heavy atom. The SMILES string of the molecule is NC(c1cc2sccc2s1)c1ccc(Cl)cc1Cl. The van der Waals surface area contributed by atoms with E-state index in [1.165, 1.54) is 9.40 Å². The Hall–Kier alpha value is -0.580. The predicted octanol–water partition coefficient (Wildman–Crippen LogP) is 5.32. The van der Waals surface area contributed by atoms with E-state index in [0.717, 1.165) is 10.4 Å². The summed E-state index contributed by atoms with van der Waals surface area (Å²) in [6, 6.07) is 9.50. The molecule has 5 heteroatoms. The number of nitrogens with two attached hydrogens (primary N) is 1. The van der Waals surface area contributed by atoms with E-state index >= 15 is 0 Å². The second kappa shape index (κ2) is 4.83. The third kappa shape index (κ3) is 2.17. The van der Waals surface area contributed by atoms with E-state index in [9.17, 15) is 0 Å². The lowest BCUT2D eigenvalue weighted by Gasteiger charge is -2.12. The third-order valence-corrected chi connectivity index (χ3v) is 5.50. The Kier molecular flexibility index (Phi) is 3.34. The molecular weight excluding hydrogens is 305 g/mol. The fraction of sp³-hybridized carbons (Fsp3) is 0.0769. The van der Waals surface area contributed by atoms with Crippen molar-refractivity contribution in [1.29, 1.82) is 0 Å². The van der Waals surface area contributed by atoms with Gasteiger partial charge in [-0.05, 0) is 35.2 Å². The minimum Gasteiger partial charge on any atom is -0.320 e. The summed E-state index contributed by atoms with van der Waals surface area (Å²) in [5.41, 5.74) is 7.19. The van der Waals surface area contributed by atoms with Crippen LogP contribution in [0.4, 0.5) is 0 Å². The van der Waals surface area contributed by atoms with Gasteiger partial charge in [-0.25, -0.2) is 0 Å². The van der Waals surface area contributed by atoms with Crippen LogP contribution in [0, 0.1) is 0 Å². The number of fused-ring (bicyclic) bond motifs is 1. The Bertz CT molecular complexity index is 673. The van der Waals surface area contributed by atoms with Crippen molar-refractivity contribution >= 4 is 55.3 Å². The quantitative estimate of drug-likeness (QED) is 0.681. The molecule has 0 saturated heterocycles. The molecular formula is C13H9Cl2NS2. The molecule has 2 heterocycles. The fourth-order valence-corrected chi connectivity index (χ4v) is 4.51. The van der Waals surface area contributed by atoms with E-state index in [2.05, 4.69) is 17.5 Å². The molecule has 2 N–H and O–H groups in total. The molecule has 3 aromatic rings. The van der Waals surface area contributed by atoms with Crippen LogP contribution >= 0.6 is 45.9 Å². The number of thiophene rings is 2. The molecule has 18 heavy (non-hydrogen) atoms. The van der Waals surface area contributed by atoms with Crippen LogP contribution in [0.5, 0.6) is 0 Å². The first-order chi connectivity index (χ1) is 8.65. The minimum atomic E-state index is -0.195. The first-order valence-electron chi connectivity index (χ1n) is 5.32. The lowest BCUT2D eigenvalue weighted by atomic mass is 10.1. The highest BCUT2D eigenvalue weighted by atomic mass is 35.5. The summed E-state index contributed by atoms with van der Waals surface area (Å²) < 4.78 is 2.55. The standard InChI is InChI=1S/C13H9Cl2NS2/c14-7-1-2-8(9(15)5-7)13(16)12-6-11-10(18-12)3-4-17-11/h1-6,13H,16H2. The van der Waals surface area contributed by atoms with Gasteiger partial charge in [0, 0.05) is 24.3 Å². The highest BCUT2D eigenvalue weighted by molar-refractivity contribution is 7.27. The highest BCUT2D eigenvalue weighted by Gasteiger charge is 2.15. The van der Waals surface area contributed by atoms with E-state index in [4.69, 9.17) is 28.9 Å². The summed E-state index contributed by atoms with van der Waals surface area (Å²) in [5.74, 6) is 0. The van der Waals surface area contributed by atoms with Crippen molar-refractivity contribution in [2.24, 2.45) is 5.73 Å². The smallest absolute Gasteiger partial charge is 0.0661 e.